The van der Waals surface area contributed by atoms with Crippen LogP contribution < -0.4 is 11.3 Å². The number of nitrogen functional groups attached to an aromatic ring is 1. The number of halogens is 1. The average molecular weight is 334 g/mol. The molecule has 0 aromatic carbocycles. The maximum Gasteiger partial charge on any atom is 0.219 e. The van der Waals surface area contributed by atoms with Crippen molar-refractivity contribution >= 4 is 43.7 Å². The van der Waals surface area contributed by atoms with Crippen LogP contribution in [-0.2, 0) is 13.1 Å². The summed E-state index contributed by atoms with van der Waals surface area (Å²) in [5, 5.41) is 11.6. The van der Waals surface area contributed by atoms with Crippen molar-refractivity contribution in [3.8, 4) is 0 Å². The van der Waals surface area contributed by atoms with E-state index in [4.69, 9.17) is 5.84 Å². The molecule has 0 spiro atoms. The molecule has 0 unspecified atom stereocenters. The molecule has 0 aliphatic carbocycles. The Morgan fingerprint density at radius 3 is 2.88 bits per heavy atom. The van der Waals surface area contributed by atoms with Crippen LogP contribution in [0.25, 0.3) is 0 Å². The van der Waals surface area contributed by atoms with Crippen LogP contribution in [0.1, 0.15) is 9.88 Å². The lowest BCUT2D eigenvalue weighted by Gasteiger charge is -2.12. The molecule has 0 amide bonds. The third-order valence-electron chi connectivity index (χ3n) is 2.04. The second kappa shape index (κ2) is 5.87. The van der Waals surface area contributed by atoms with Crippen LogP contribution in [0.4, 0.5) is 5.13 Å². The fourth-order valence-electron chi connectivity index (χ4n) is 1.37. The predicted octanol–water partition coefficient (Wildman–Crippen LogP) is 2.28. The van der Waals surface area contributed by atoms with Gasteiger partial charge in [-0.05, 0) is 29.0 Å². The van der Waals surface area contributed by atoms with Gasteiger partial charge in [0.05, 0.1) is 6.54 Å². The normalized spacial score (nSPS) is 11.1. The Bertz CT molecular complexity index is 483. The van der Waals surface area contributed by atoms with Gasteiger partial charge in [-0.15, -0.1) is 21.5 Å². The highest BCUT2D eigenvalue weighted by atomic mass is 79.9. The van der Waals surface area contributed by atoms with Crippen molar-refractivity contribution in [2.24, 2.45) is 5.84 Å². The number of aromatic nitrogens is 2. The van der Waals surface area contributed by atoms with Gasteiger partial charge >= 0.3 is 0 Å². The Hall–Kier alpha value is -0.540. The van der Waals surface area contributed by atoms with Crippen LogP contribution in [0.5, 0.6) is 0 Å². The van der Waals surface area contributed by atoms with Crippen molar-refractivity contribution in [3.63, 3.8) is 0 Å². The number of hydrogen-bond acceptors (Lipinski definition) is 7. The lowest BCUT2D eigenvalue weighted by Crippen LogP contribution is -2.16. The molecule has 8 heteroatoms. The van der Waals surface area contributed by atoms with E-state index in [1.807, 2.05) is 0 Å². The lowest BCUT2D eigenvalue weighted by atomic mass is 10.4. The minimum atomic E-state index is 0.646. The summed E-state index contributed by atoms with van der Waals surface area (Å²) < 4.78 is 1.14. The summed E-state index contributed by atoms with van der Waals surface area (Å²) in [6.07, 6.45) is 0. The molecule has 0 atom stereocenters. The molecule has 92 valence electrons. The predicted molar refractivity (Wildman–Crippen MR) is 74.9 cm³/mol. The van der Waals surface area contributed by atoms with Crippen LogP contribution >= 0.6 is 38.6 Å². The zero-order chi connectivity index (χ0) is 12.3. The minimum Gasteiger partial charge on any atom is -0.298 e. The molecule has 0 aliphatic rings. The first-order valence-corrected chi connectivity index (χ1v) is 7.36. The van der Waals surface area contributed by atoms with Crippen LogP contribution in [0.3, 0.4) is 0 Å². The highest BCUT2D eigenvalue weighted by Gasteiger charge is 2.08. The molecule has 5 nitrogen and oxygen atoms in total. The molecule has 2 aromatic rings. The molecule has 2 rings (SSSR count). The van der Waals surface area contributed by atoms with E-state index in [1.165, 1.54) is 16.2 Å². The number of anilines is 1. The first kappa shape index (κ1) is 12.9. The summed E-state index contributed by atoms with van der Waals surface area (Å²) in [7, 11) is 2.06. The average Bonchev–Trinajstić information content (AvgIpc) is 2.88. The van der Waals surface area contributed by atoms with E-state index in [2.05, 4.69) is 54.9 Å². The van der Waals surface area contributed by atoms with Crippen molar-refractivity contribution in [2.75, 3.05) is 12.5 Å². The molecule has 2 heterocycles. The van der Waals surface area contributed by atoms with Gasteiger partial charge in [-0.2, -0.15) is 0 Å². The number of hydrazine groups is 1. The SMILES string of the molecule is CN(Cc1cc(Br)cs1)Cc1nnc(NN)s1. The Morgan fingerprint density at radius 1 is 1.47 bits per heavy atom. The fourth-order valence-corrected chi connectivity index (χ4v) is 3.63. The van der Waals surface area contributed by atoms with Gasteiger partial charge in [-0.25, -0.2) is 5.84 Å². The molecule has 3 N–H and O–H groups in total. The van der Waals surface area contributed by atoms with E-state index < -0.39 is 0 Å². The van der Waals surface area contributed by atoms with Gasteiger partial charge in [-0.1, -0.05) is 11.3 Å². The van der Waals surface area contributed by atoms with Crippen molar-refractivity contribution in [1.29, 1.82) is 0 Å². The maximum atomic E-state index is 5.26. The smallest absolute Gasteiger partial charge is 0.219 e. The number of rotatable bonds is 5. The summed E-state index contributed by atoms with van der Waals surface area (Å²) in [6.45, 7) is 1.68. The third-order valence-corrected chi connectivity index (χ3v) is 4.56. The molecule has 2 aromatic heterocycles. The number of hydrogen-bond donors (Lipinski definition) is 2. The monoisotopic (exact) mass is 333 g/mol. The Balaban J connectivity index is 1.90. The van der Waals surface area contributed by atoms with Crippen molar-refractivity contribution < 1.29 is 0 Å². The second-order valence-corrected chi connectivity index (χ2v) is 6.52. The summed E-state index contributed by atoms with van der Waals surface area (Å²) in [6, 6.07) is 2.13. The van der Waals surface area contributed by atoms with Crippen LogP contribution in [-0.4, -0.2) is 22.1 Å². The van der Waals surface area contributed by atoms with Crippen LogP contribution in [0.15, 0.2) is 15.9 Å². The van der Waals surface area contributed by atoms with E-state index in [0.717, 1.165) is 22.6 Å². The van der Waals surface area contributed by atoms with Gasteiger partial charge in [-0.3, -0.25) is 10.3 Å². The van der Waals surface area contributed by atoms with E-state index in [-0.39, 0.29) is 0 Å². The molecule has 0 bridgehead atoms. The molecule has 0 saturated heterocycles. The number of thiophene rings is 1. The third kappa shape index (κ3) is 3.71. The van der Waals surface area contributed by atoms with Gasteiger partial charge in [0.25, 0.3) is 0 Å². The molecular formula is C9H12BrN5S2. The Kier molecular flexibility index (Phi) is 4.46. The quantitative estimate of drug-likeness (QED) is 0.649. The zero-order valence-corrected chi connectivity index (χ0v) is 12.4. The summed E-state index contributed by atoms with van der Waals surface area (Å²) in [5.41, 5.74) is 2.50. The van der Waals surface area contributed by atoms with Gasteiger partial charge in [0, 0.05) is 21.3 Å². The highest BCUT2D eigenvalue weighted by molar-refractivity contribution is 9.10. The number of nitrogens with zero attached hydrogens (tertiary/aromatic N) is 3. The summed E-state index contributed by atoms with van der Waals surface area (Å²) in [5.74, 6) is 5.26. The fraction of sp³-hybridized carbons (Fsp3) is 0.333. The number of nitrogens with two attached hydrogens (primary N) is 1. The van der Waals surface area contributed by atoms with Crippen LogP contribution in [0.2, 0.25) is 0 Å². The lowest BCUT2D eigenvalue weighted by molar-refractivity contribution is 0.320. The maximum absolute atomic E-state index is 5.26. The molecule has 0 aliphatic heterocycles. The first-order chi connectivity index (χ1) is 8.17. The van der Waals surface area contributed by atoms with Gasteiger partial charge in [0.1, 0.15) is 5.01 Å². The van der Waals surface area contributed by atoms with E-state index in [1.54, 1.807) is 11.3 Å². The molecule has 0 radical (unpaired) electrons. The van der Waals surface area contributed by atoms with E-state index in [0.29, 0.717) is 5.13 Å². The van der Waals surface area contributed by atoms with Gasteiger partial charge in [0.2, 0.25) is 5.13 Å². The standard InChI is InChI=1S/C9H12BrN5S2/c1-15(3-7-2-6(10)5-16-7)4-8-13-14-9(12-11)17-8/h2,5H,3-4,11H2,1H3,(H,12,14). The minimum absolute atomic E-state index is 0.646. The summed E-state index contributed by atoms with van der Waals surface area (Å²) in [4.78, 5) is 3.51. The topological polar surface area (TPSA) is 67.1 Å². The van der Waals surface area contributed by atoms with Crippen molar-refractivity contribution in [3.05, 3.63) is 25.8 Å². The number of nitrogens with one attached hydrogen (secondary N) is 1. The molecule has 17 heavy (non-hydrogen) atoms. The molecular weight excluding hydrogens is 322 g/mol. The molecule has 0 fully saturated rings. The zero-order valence-electron chi connectivity index (χ0n) is 9.18. The molecule has 0 saturated carbocycles. The van der Waals surface area contributed by atoms with E-state index in [9.17, 15) is 0 Å². The summed E-state index contributed by atoms with van der Waals surface area (Å²) >= 11 is 6.67. The second-order valence-electron chi connectivity index (χ2n) is 3.55. The Morgan fingerprint density at radius 2 is 2.29 bits per heavy atom. The van der Waals surface area contributed by atoms with Crippen molar-refractivity contribution in [1.82, 2.24) is 15.1 Å². The largest absolute Gasteiger partial charge is 0.298 e. The Labute approximate surface area is 116 Å². The first-order valence-electron chi connectivity index (χ1n) is 4.88. The van der Waals surface area contributed by atoms with Crippen molar-refractivity contribution in [2.45, 2.75) is 13.1 Å². The van der Waals surface area contributed by atoms with Gasteiger partial charge in [0.15, 0.2) is 0 Å². The highest BCUT2D eigenvalue weighted by Crippen LogP contribution is 2.22. The van der Waals surface area contributed by atoms with Crippen LogP contribution in [0, 0.1) is 0 Å². The van der Waals surface area contributed by atoms with Gasteiger partial charge < -0.3 is 0 Å². The van der Waals surface area contributed by atoms with E-state index >= 15 is 0 Å².